The van der Waals surface area contributed by atoms with E-state index in [9.17, 15) is 9.59 Å². The van der Waals surface area contributed by atoms with Crippen molar-refractivity contribution in [3.8, 4) is 0 Å². The first-order valence-corrected chi connectivity index (χ1v) is 6.04. The van der Waals surface area contributed by atoms with Gasteiger partial charge in [0.15, 0.2) is 0 Å². The molecule has 0 aromatic heterocycles. The van der Waals surface area contributed by atoms with Crippen LogP contribution in [0.4, 0.5) is 11.4 Å². The van der Waals surface area contributed by atoms with E-state index >= 15 is 0 Å². The van der Waals surface area contributed by atoms with Crippen LogP contribution in [0.1, 0.15) is 20.3 Å². The summed E-state index contributed by atoms with van der Waals surface area (Å²) < 4.78 is 0. The van der Waals surface area contributed by atoms with Crippen LogP contribution in [-0.4, -0.2) is 19.2 Å². The second kappa shape index (κ2) is 6.19. The summed E-state index contributed by atoms with van der Waals surface area (Å²) in [7, 11) is 1.72. The lowest BCUT2D eigenvalue weighted by Crippen LogP contribution is -2.35. The molecule has 0 bridgehead atoms. The number of nitrogens with zero attached hydrogens (tertiary/aromatic N) is 1. The van der Waals surface area contributed by atoms with Crippen molar-refractivity contribution in [3.63, 3.8) is 0 Å². The minimum atomic E-state index is -0.273. The van der Waals surface area contributed by atoms with Crippen molar-refractivity contribution in [2.45, 2.75) is 20.3 Å². The zero-order valence-electron chi connectivity index (χ0n) is 11.1. The molecule has 0 spiro atoms. The predicted molar refractivity (Wildman–Crippen MR) is 73.3 cm³/mol. The molecule has 1 atom stereocenters. The fourth-order valence-electron chi connectivity index (χ4n) is 1.84. The van der Waals surface area contributed by atoms with Crippen LogP contribution >= 0.6 is 0 Å². The molecule has 2 N–H and O–H groups in total. The number of amides is 1. The van der Waals surface area contributed by atoms with Crippen LogP contribution in [-0.2, 0) is 9.59 Å². The van der Waals surface area contributed by atoms with Gasteiger partial charge in [-0.05, 0) is 30.2 Å². The number of rotatable bonds is 5. The molecule has 0 saturated carbocycles. The molecular formula is C14H20N2O2. The minimum Gasteiger partial charge on any atom is -0.399 e. The number of carbonyl (C=O) groups excluding carboxylic acids is 2. The Bertz CT molecular complexity index is 412. The Morgan fingerprint density at radius 2 is 1.89 bits per heavy atom. The maximum atomic E-state index is 12.3. The quantitative estimate of drug-likeness (QED) is 0.641. The van der Waals surface area contributed by atoms with Gasteiger partial charge in [0.25, 0.3) is 0 Å². The van der Waals surface area contributed by atoms with E-state index in [1.165, 1.54) is 0 Å². The second-order valence-corrected chi connectivity index (χ2v) is 4.74. The van der Waals surface area contributed by atoms with Gasteiger partial charge in [0.1, 0.15) is 6.29 Å². The van der Waals surface area contributed by atoms with Crippen molar-refractivity contribution in [3.05, 3.63) is 24.3 Å². The summed E-state index contributed by atoms with van der Waals surface area (Å²) in [6.07, 6.45) is 1.06. The fourth-order valence-corrected chi connectivity index (χ4v) is 1.84. The fraction of sp³-hybridized carbons (Fsp3) is 0.429. The lowest BCUT2D eigenvalue weighted by Gasteiger charge is -2.25. The van der Waals surface area contributed by atoms with E-state index in [4.69, 9.17) is 5.73 Å². The number of hydrogen-bond acceptors (Lipinski definition) is 3. The first kappa shape index (κ1) is 14.2. The summed E-state index contributed by atoms with van der Waals surface area (Å²) in [6.45, 7) is 3.89. The number of carbonyl (C=O) groups is 2. The molecule has 0 fully saturated rings. The number of aldehydes is 1. The molecule has 18 heavy (non-hydrogen) atoms. The predicted octanol–water partition coefficient (Wildman–Crippen LogP) is 2.09. The number of nitrogens with two attached hydrogens (primary N) is 1. The molecule has 0 saturated heterocycles. The highest BCUT2D eigenvalue weighted by Crippen LogP contribution is 2.22. The van der Waals surface area contributed by atoms with E-state index in [-0.39, 0.29) is 24.2 Å². The van der Waals surface area contributed by atoms with Crippen LogP contribution in [0.3, 0.4) is 0 Å². The summed E-state index contributed by atoms with van der Waals surface area (Å²) in [5, 5.41) is 0. The van der Waals surface area contributed by atoms with Crippen molar-refractivity contribution in [1.29, 1.82) is 0 Å². The molecule has 0 radical (unpaired) electrons. The molecule has 1 rings (SSSR count). The molecule has 1 aromatic carbocycles. The minimum absolute atomic E-state index is 0.0399. The molecule has 0 heterocycles. The van der Waals surface area contributed by atoms with Crippen molar-refractivity contribution in [2.24, 2.45) is 11.8 Å². The van der Waals surface area contributed by atoms with Crippen LogP contribution in [0.5, 0.6) is 0 Å². The van der Waals surface area contributed by atoms with Gasteiger partial charge in [-0.3, -0.25) is 4.79 Å². The van der Waals surface area contributed by atoms with Crippen molar-refractivity contribution in [2.75, 3.05) is 17.7 Å². The molecule has 0 aliphatic carbocycles. The Morgan fingerprint density at radius 1 is 1.33 bits per heavy atom. The number of anilines is 2. The third-order valence-electron chi connectivity index (χ3n) is 3.08. The monoisotopic (exact) mass is 248 g/mol. The summed E-state index contributed by atoms with van der Waals surface area (Å²) in [5.41, 5.74) is 7.05. The van der Waals surface area contributed by atoms with Crippen LogP contribution in [0.2, 0.25) is 0 Å². The van der Waals surface area contributed by atoms with Crippen LogP contribution < -0.4 is 10.6 Å². The topological polar surface area (TPSA) is 63.4 Å². The summed E-state index contributed by atoms with van der Waals surface area (Å²) in [5.74, 6) is -0.175. The average Bonchev–Trinajstić information content (AvgIpc) is 2.35. The van der Waals surface area contributed by atoms with Gasteiger partial charge in [-0.1, -0.05) is 13.8 Å². The average molecular weight is 248 g/mol. The highest BCUT2D eigenvalue weighted by molar-refractivity contribution is 5.95. The first-order chi connectivity index (χ1) is 8.47. The number of benzene rings is 1. The lowest BCUT2D eigenvalue weighted by molar-refractivity contribution is -0.125. The second-order valence-electron chi connectivity index (χ2n) is 4.74. The molecule has 1 unspecified atom stereocenters. The number of nitrogen functional groups attached to an aromatic ring is 1. The molecule has 4 nitrogen and oxygen atoms in total. The van der Waals surface area contributed by atoms with Crippen LogP contribution in [0, 0.1) is 11.8 Å². The van der Waals surface area contributed by atoms with Crippen molar-refractivity contribution in [1.82, 2.24) is 0 Å². The SMILES string of the molecule is CC(C)C(CC=O)C(=O)N(C)c1ccc(N)cc1. The molecule has 4 heteroatoms. The summed E-state index contributed by atoms with van der Waals surface area (Å²) >= 11 is 0. The zero-order valence-corrected chi connectivity index (χ0v) is 11.1. The normalized spacial score (nSPS) is 12.2. The van der Waals surface area contributed by atoms with E-state index in [1.807, 2.05) is 13.8 Å². The Kier molecular flexibility index (Phi) is 4.89. The Balaban J connectivity index is 2.87. The van der Waals surface area contributed by atoms with Crippen molar-refractivity contribution >= 4 is 23.6 Å². The van der Waals surface area contributed by atoms with E-state index in [2.05, 4.69) is 0 Å². The zero-order chi connectivity index (χ0) is 13.7. The van der Waals surface area contributed by atoms with Gasteiger partial charge in [-0.15, -0.1) is 0 Å². The van der Waals surface area contributed by atoms with Gasteiger partial charge in [0.05, 0.1) is 0 Å². The Morgan fingerprint density at radius 3 is 2.33 bits per heavy atom. The lowest BCUT2D eigenvalue weighted by atomic mass is 9.91. The van der Waals surface area contributed by atoms with Gasteiger partial charge in [-0.25, -0.2) is 0 Å². The van der Waals surface area contributed by atoms with E-state index < -0.39 is 0 Å². The van der Waals surface area contributed by atoms with Crippen LogP contribution in [0.15, 0.2) is 24.3 Å². The van der Waals surface area contributed by atoms with Gasteiger partial charge >= 0.3 is 0 Å². The largest absolute Gasteiger partial charge is 0.399 e. The highest BCUT2D eigenvalue weighted by Gasteiger charge is 2.25. The van der Waals surface area contributed by atoms with E-state index in [0.717, 1.165) is 12.0 Å². The van der Waals surface area contributed by atoms with Crippen LogP contribution in [0.25, 0.3) is 0 Å². The highest BCUT2D eigenvalue weighted by atomic mass is 16.2. The van der Waals surface area contributed by atoms with E-state index in [1.54, 1.807) is 36.2 Å². The van der Waals surface area contributed by atoms with Gasteiger partial charge in [0, 0.05) is 30.8 Å². The maximum Gasteiger partial charge on any atom is 0.230 e. The molecule has 1 aromatic rings. The third-order valence-corrected chi connectivity index (χ3v) is 3.08. The van der Waals surface area contributed by atoms with Crippen molar-refractivity contribution < 1.29 is 9.59 Å². The summed E-state index contributed by atoms with van der Waals surface area (Å²) in [6, 6.07) is 7.10. The van der Waals surface area contributed by atoms with Gasteiger partial charge in [-0.2, -0.15) is 0 Å². The Labute approximate surface area is 108 Å². The standard InChI is InChI=1S/C14H20N2O2/c1-10(2)13(8-9-17)14(18)16(3)12-6-4-11(15)5-7-12/h4-7,9-10,13H,8,15H2,1-3H3. The molecule has 0 aliphatic heterocycles. The molecular weight excluding hydrogens is 228 g/mol. The third kappa shape index (κ3) is 3.32. The molecule has 1 amide bonds. The smallest absolute Gasteiger partial charge is 0.230 e. The first-order valence-electron chi connectivity index (χ1n) is 6.04. The molecule has 98 valence electrons. The van der Waals surface area contributed by atoms with E-state index in [0.29, 0.717) is 5.69 Å². The Hall–Kier alpha value is -1.84. The van der Waals surface area contributed by atoms with Gasteiger partial charge < -0.3 is 15.4 Å². The summed E-state index contributed by atoms with van der Waals surface area (Å²) in [4.78, 5) is 24.5. The molecule has 0 aliphatic rings. The van der Waals surface area contributed by atoms with Gasteiger partial charge in [0.2, 0.25) is 5.91 Å². The number of hydrogen-bond donors (Lipinski definition) is 1. The maximum absolute atomic E-state index is 12.3.